The van der Waals surface area contributed by atoms with Crippen molar-refractivity contribution in [3.63, 3.8) is 0 Å². The first kappa shape index (κ1) is 22.2. The Labute approximate surface area is 187 Å². The highest BCUT2D eigenvalue weighted by Gasteiger charge is 2.36. The van der Waals surface area contributed by atoms with Gasteiger partial charge >= 0.3 is 0 Å². The lowest BCUT2D eigenvalue weighted by atomic mass is 9.99. The lowest BCUT2D eigenvalue weighted by Gasteiger charge is -2.32. The number of anilines is 2. The predicted octanol–water partition coefficient (Wildman–Crippen LogP) is 2.54. The Morgan fingerprint density at radius 3 is 2.88 bits per heavy atom. The van der Waals surface area contributed by atoms with Crippen LogP contribution in [0.25, 0.3) is 0 Å². The van der Waals surface area contributed by atoms with Crippen molar-refractivity contribution in [2.45, 2.75) is 44.1 Å². The van der Waals surface area contributed by atoms with Gasteiger partial charge in [-0.25, -0.2) is 13.4 Å². The number of benzene rings is 1. The van der Waals surface area contributed by atoms with Crippen LogP contribution < -0.4 is 15.4 Å². The Kier molecular flexibility index (Phi) is 6.16. The number of hydrogen-bond acceptors (Lipinski definition) is 6. The SMILES string of the molecule is CC[C@H]1Oc2cc(S(=O)(=O)N3CCC[C@H](C(=O)Nc4ccccn4)C3)c(C)cc2NC1=O. The number of piperidine rings is 1. The van der Waals surface area contributed by atoms with Gasteiger partial charge in [-0.05, 0) is 49.9 Å². The van der Waals surface area contributed by atoms with Crippen LogP contribution in [0.15, 0.2) is 41.4 Å². The Morgan fingerprint density at radius 2 is 2.16 bits per heavy atom. The minimum atomic E-state index is -3.86. The van der Waals surface area contributed by atoms with Crippen LogP contribution in [0, 0.1) is 12.8 Å². The van der Waals surface area contributed by atoms with E-state index in [1.54, 1.807) is 37.4 Å². The molecular weight excluding hydrogens is 432 g/mol. The maximum Gasteiger partial charge on any atom is 0.265 e. The molecule has 1 aromatic carbocycles. The number of aromatic nitrogens is 1. The average molecular weight is 459 g/mol. The van der Waals surface area contributed by atoms with Crippen LogP contribution >= 0.6 is 0 Å². The number of pyridine rings is 1. The van der Waals surface area contributed by atoms with Crippen LogP contribution in [-0.4, -0.2) is 48.7 Å². The molecule has 2 amide bonds. The summed E-state index contributed by atoms with van der Waals surface area (Å²) in [5.74, 6) is -0.191. The van der Waals surface area contributed by atoms with Gasteiger partial charge in [0.25, 0.3) is 5.91 Å². The summed E-state index contributed by atoms with van der Waals surface area (Å²) >= 11 is 0. The highest BCUT2D eigenvalue weighted by atomic mass is 32.2. The summed E-state index contributed by atoms with van der Waals surface area (Å²) in [5.41, 5.74) is 0.963. The van der Waals surface area contributed by atoms with Crippen molar-refractivity contribution in [2.75, 3.05) is 23.7 Å². The van der Waals surface area contributed by atoms with Gasteiger partial charge < -0.3 is 15.4 Å². The van der Waals surface area contributed by atoms with E-state index in [9.17, 15) is 18.0 Å². The van der Waals surface area contributed by atoms with Crippen molar-refractivity contribution in [3.8, 4) is 5.75 Å². The summed E-state index contributed by atoms with van der Waals surface area (Å²) in [6.45, 7) is 3.93. The highest BCUT2D eigenvalue weighted by molar-refractivity contribution is 7.89. The number of aryl methyl sites for hydroxylation is 1. The Balaban J connectivity index is 1.55. The number of nitrogens with one attached hydrogen (secondary N) is 2. The fourth-order valence-corrected chi connectivity index (χ4v) is 5.76. The van der Waals surface area contributed by atoms with E-state index in [1.165, 1.54) is 10.4 Å². The molecule has 2 N–H and O–H groups in total. The number of fused-ring (bicyclic) bond motifs is 1. The van der Waals surface area contributed by atoms with Gasteiger partial charge in [-0.3, -0.25) is 9.59 Å². The van der Waals surface area contributed by atoms with Gasteiger partial charge in [0.1, 0.15) is 11.6 Å². The molecule has 10 heteroatoms. The topological polar surface area (TPSA) is 118 Å². The van der Waals surface area contributed by atoms with Crippen LogP contribution in [-0.2, 0) is 19.6 Å². The Hall–Kier alpha value is -2.98. The molecule has 1 saturated heterocycles. The van der Waals surface area contributed by atoms with Crippen LogP contribution in [0.4, 0.5) is 11.5 Å². The van der Waals surface area contributed by atoms with Crippen molar-refractivity contribution >= 4 is 33.3 Å². The van der Waals surface area contributed by atoms with E-state index in [0.717, 1.165) is 0 Å². The Morgan fingerprint density at radius 1 is 1.34 bits per heavy atom. The smallest absolute Gasteiger partial charge is 0.265 e. The van der Waals surface area contributed by atoms with Gasteiger partial charge in [0.05, 0.1) is 16.5 Å². The second-order valence-corrected chi connectivity index (χ2v) is 9.93. The van der Waals surface area contributed by atoms with Crippen molar-refractivity contribution in [2.24, 2.45) is 5.92 Å². The molecule has 1 aromatic heterocycles. The highest BCUT2D eigenvalue weighted by Crippen LogP contribution is 2.36. The third-order valence-corrected chi connectivity index (χ3v) is 7.76. The number of rotatable bonds is 5. The molecule has 0 bridgehead atoms. The lowest BCUT2D eigenvalue weighted by Crippen LogP contribution is -2.44. The molecule has 2 aliphatic rings. The molecule has 0 saturated carbocycles. The summed E-state index contributed by atoms with van der Waals surface area (Å²) < 4.78 is 34.0. The summed E-state index contributed by atoms with van der Waals surface area (Å²) in [5, 5.41) is 5.53. The molecule has 2 atom stereocenters. The van der Waals surface area contributed by atoms with E-state index in [1.807, 2.05) is 6.92 Å². The molecular formula is C22H26N4O5S. The fourth-order valence-electron chi connectivity index (χ4n) is 4.01. The van der Waals surface area contributed by atoms with Crippen molar-refractivity contribution < 1.29 is 22.7 Å². The second-order valence-electron chi connectivity index (χ2n) is 8.02. The standard InChI is InChI=1S/C22H26N4O5S/c1-3-17-22(28)24-16-11-14(2)19(12-18(16)31-17)32(29,30)26-10-6-7-15(13-26)21(27)25-20-8-4-5-9-23-20/h4-5,8-9,11-12,15,17H,3,6-7,10,13H2,1-2H3,(H,24,28)(H,23,25,27)/t15-,17+/m0/s1. The summed E-state index contributed by atoms with van der Waals surface area (Å²) in [7, 11) is -3.86. The van der Waals surface area contributed by atoms with Gasteiger partial charge in [0.2, 0.25) is 15.9 Å². The van der Waals surface area contributed by atoms with E-state index in [2.05, 4.69) is 15.6 Å². The number of carbonyl (C=O) groups excluding carboxylic acids is 2. The number of ether oxygens (including phenoxy) is 1. The van der Waals surface area contributed by atoms with Crippen LogP contribution in [0.3, 0.4) is 0 Å². The molecule has 0 aliphatic carbocycles. The lowest BCUT2D eigenvalue weighted by molar-refractivity contribution is -0.123. The zero-order valence-electron chi connectivity index (χ0n) is 18.0. The van der Waals surface area contributed by atoms with Crippen molar-refractivity contribution in [1.29, 1.82) is 0 Å². The van der Waals surface area contributed by atoms with Crippen LogP contribution in [0.1, 0.15) is 31.7 Å². The molecule has 32 heavy (non-hydrogen) atoms. The summed E-state index contributed by atoms with van der Waals surface area (Å²) in [4.78, 5) is 29.0. The van der Waals surface area contributed by atoms with E-state index in [4.69, 9.17) is 4.74 Å². The van der Waals surface area contributed by atoms with E-state index in [-0.39, 0.29) is 23.3 Å². The number of amides is 2. The van der Waals surface area contributed by atoms with Crippen molar-refractivity contribution in [3.05, 3.63) is 42.1 Å². The zero-order valence-corrected chi connectivity index (χ0v) is 18.8. The molecule has 2 aromatic rings. The number of sulfonamides is 1. The molecule has 0 radical (unpaired) electrons. The van der Waals surface area contributed by atoms with E-state index >= 15 is 0 Å². The van der Waals surface area contributed by atoms with Gasteiger partial charge in [-0.1, -0.05) is 13.0 Å². The second kappa shape index (κ2) is 8.87. The Bertz CT molecular complexity index is 1140. The van der Waals surface area contributed by atoms with Gasteiger partial charge in [-0.15, -0.1) is 0 Å². The zero-order chi connectivity index (χ0) is 22.9. The number of carbonyl (C=O) groups is 2. The minimum Gasteiger partial charge on any atom is -0.478 e. The minimum absolute atomic E-state index is 0.0900. The monoisotopic (exact) mass is 458 g/mol. The van der Waals surface area contributed by atoms with E-state index < -0.39 is 22.0 Å². The summed E-state index contributed by atoms with van der Waals surface area (Å²) in [6.07, 6.45) is 2.57. The molecule has 3 heterocycles. The normalized spacial score (nSPS) is 21.2. The van der Waals surface area contributed by atoms with Gasteiger partial charge in [0.15, 0.2) is 6.10 Å². The van der Waals surface area contributed by atoms with Crippen LogP contribution in [0.2, 0.25) is 0 Å². The van der Waals surface area contributed by atoms with Gasteiger partial charge in [0, 0.05) is 25.4 Å². The molecule has 1 fully saturated rings. The first-order valence-corrected chi connectivity index (χ1v) is 12.1. The number of nitrogens with zero attached hydrogens (tertiary/aromatic N) is 2. The molecule has 4 rings (SSSR count). The molecule has 0 unspecified atom stereocenters. The first-order valence-electron chi connectivity index (χ1n) is 10.6. The molecule has 2 aliphatic heterocycles. The quantitative estimate of drug-likeness (QED) is 0.711. The average Bonchev–Trinajstić information content (AvgIpc) is 2.79. The molecule has 170 valence electrons. The third kappa shape index (κ3) is 4.33. The predicted molar refractivity (Wildman–Crippen MR) is 119 cm³/mol. The summed E-state index contributed by atoms with van der Waals surface area (Å²) in [6, 6.07) is 8.30. The van der Waals surface area contributed by atoms with Gasteiger partial charge in [-0.2, -0.15) is 4.31 Å². The maximum absolute atomic E-state index is 13.5. The number of hydrogen-bond donors (Lipinski definition) is 2. The van der Waals surface area contributed by atoms with E-state index in [0.29, 0.717) is 48.6 Å². The van der Waals surface area contributed by atoms with Crippen molar-refractivity contribution in [1.82, 2.24) is 9.29 Å². The molecule has 9 nitrogen and oxygen atoms in total. The largest absolute Gasteiger partial charge is 0.478 e. The third-order valence-electron chi connectivity index (χ3n) is 5.76. The maximum atomic E-state index is 13.5. The first-order chi connectivity index (χ1) is 15.3. The fraction of sp³-hybridized carbons (Fsp3) is 0.409. The molecule has 0 spiro atoms. The van der Waals surface area contributed by atoms with Crippen LogP contribution in [0.5, 0.6) is 5.75 Å².